The van der Waals surface area contributed by atoms with E-state index in [1.807, 2.05) is 0 Å². The van der Waals surface area contributed by atoms with Gasteiger partial charge in [-0.3, -0.25) is 14.4 Å². The molecule has 0 aliphatic carbocycles. The van der Waals surface area contributed by atoms with Gasteiger partial charge in [-0.2, -0.15) is 0 Å². The van der Waals surface area contributed by atoms with E-state index in [4.69, 9.17) is 9.47 Å². The predicted molar refractivity (Wildman–Crippen MR) is 166 cm³/mol. The van der Waals surface area contributed by atoms with Gasteiger partial charge in [-0.15, -0.1) is 5.10 Å². The molecule has 3 aromatic carbocycles. The highest BCUT2D eigenvalue weighted by Gasteiger charge is 2.16. The zero-order chi connectivity index (χ0) is 32.6. The SMILES string of the molecule is CC(=O)Oc1ccc(/C=C/C(=O)NCCCSc2nc(-c3ccc(S(C)(=O)=O)cc3)n(-c3ccc(F)cc3)n2)cc1OC(C)=O. The maximum Gasteiger partial charge on any atom is 0.308 e. The summed E-state index contributed by atoms with van der Waals surface area (Å²) < 4.78 is 49.0. The number of ether oxygens (including phenoxy) is 2. The molecule has 0 atom stereocenters. The second kappa shape index (κ2) is 14.8. The summed E-state index contributed by atoms with van der Waals surface area (Å²) in [6.07, 6.45) is 4.59. The van der Waals surface area contributed by atoms with Gasteiger partial charge in [0, 0.05) is 44.0 Å². The number of aromatic nitrogens is 3. The Morgan fingerprint density at radius 1 is 0.956 bits per heavy atom. The van der Waals surface area contributed by atoms with E-state index >= 15 is 0 Å². The van der Waals surface area contributed by atoms with Gasteiger partial charge in [0.15, 0.2) is 27.2 Å². The summed E-state index contributed by atoms with van der Waals surface area (Å²) in [6, 6.07) is 16.6. The molecular formula is C31H29FN4O7S2. The number of nitrogens with one attached hydrogen (secondary N) is 1. The van der Waals surface area contributed by atoms with Gasteiger partial charge in [0.2, 0.25) is 11.1 Å². The number of carbonyl (C=O) groups excluding carboxylic acids is 3. The van der Waals surface area contributed by atoms with Crippen LogP contribution in [-0.4, -0.2) is 59.6 Å². The lowest BCUT2D eigenvalue weighted by Crippen LogP contribution is -2.22. The molecule has 1 N–H and O–H groups in total. The van der Waals surface area contributed by atoms with Crippen molar-refractivity contribution in [1.82, 2.24) is 20.1 Å². The van der Waals surface area contributed by atoms with E-state index in [1.165, 1.54) is 74.2 Å². The molecule has 0 spiro atoms. The Kier molecular flexibility index (Phi) is 10.9. The zero-order valence-electron chi connectivity index (χ0n) is 24.5. The molecule has 0 fully saturated rings. The number of hydrogen-bond donors (Lipinski definition) is 1. The van der Waals surface area contributed by atoms with E-state index in [-0.39, 0.29) is 22.3 Å². The zero-order valence-corrected chi connectivity index (χ0v) is 26.2. The van der Waals surface area contributed by atoms with Crippen molar-refractivity contribution < 1.29 is 36.7 Å². The minimum atomic E-state index is -3.37. The lowest BCUT2D eigenvalue weighted by atomic mass is 10.2. The van der Waals surface area contributed by atoms with Crippen molar-refractivity contribution >= 4 is 45.5 Å². The molecule has 14 heteroatoms. The summed E-state index contributed by atoms with van der Waals surface area (Å²) in [5, 5.41) is 7.81. The lowest BCUT2D eigenvalue weighted by Gasteiger charge is -2.09. The summed E-state index contributed by atoms with van der Waals surface area (Å²) in [4.78, 5) is 39.8. The Balaban J connectivity index is 1.36. The number of sulfone groups is 1. The highest BCUT2D eigenvalue weighted by Crippen LogP contribution is 2.30. The fourth-order valence-corrected chi connectivity index (χ4v) is 5.33. The third kappa shape index (κ3) is 9.58. The van der Waals surface area contributed by atoms with Crippen LogP contribution in [0.15, 0.2) is 82.9 Å². The number of amides is 1. The molecule has 1 heterocycles. The molecule has 0 aliphatic rings. The maximum absolute atomic E-state index is 13.6. The molecule has 0 saturated heterocycles. The standard InChI is InChI=1S/C31H29FN4O7S2/c1-20(37)42-27-15-5-22(19-28(27)43-21(2)38)6-16-29(39)33-17-4-18-44-31-34-30(23-7-13-26(14-8-23)45(3,40)41)36(35-31)25-11-9-24(32)10-12-25/h5-16,19H,4,17-18H2,1-3H3,(H,33,39)/b16-6+. The summed E-state index contributed by atoms with van der Waals surface area (Å²) in [7, 11) is -3.37. The molecule has 4 aromatic rings. The number of rotatable bonds is 12. The minimum Gasteiger partial charge on any atom is -0.423 e. The van der Waals surface area contributed by atoms with Crippen LogP contribution < -0.4 is 14.8 Å². The number of halogens is 1. The molecule has 0 bridgehead atoms. The predicted octanol–water partition coefficient (Wildman–Crippen LogP) is 4.64. The smallest absolute Gasteiger partial charge is 0.308 e. The van der Waals surface area contributed by atoms with Crippen LogP contribution in [-0.2, 0) is 24.2 Å². The van der Waals surface area contributed by atoms with Crippen molar-refractivity contribution in [2.45, 2.75) is 30.3 Å². The highest BCUT2D eigenvalue weighted by atomic mass is 32.2. The minimum absolute atomic E-state index is 0.0573. The molecule has 0 saturated carbocycles. The Morgan fingerprint density at radius 3 is 2.27 bits per heavy atom. The Bertz CT molecular complexity index is 1840. The second-order valence-corrected chi connectivity index (χ2v) is 12.7. The number of thioether (sulfide) groups is 1. The van der Waals surface area contributed by atoms with Crippen molar-refractivity contribution in [3.8, 4) is 28.6 Å². The van der Waals surface area contributed by atoms with Crippen LogP contribution in [0.3, 0.4) is 0 Å². The van der Waals surface area contributed by atoms with E-state index in [9.17, 15) is 27.2 Å². The molecule has 11 nitrogen and oxygen atoms in total. The molecular weight excluding hydrogens is 623 g/mol. The van der Waals surface area contributed by atoms with Crippen LogP contribution in [0.2, 0.25) is 0 Å². The van der Waals surface area contributed by atoms with E-state index in [0.29, 0.717) is 46.5 Å². The van der Waals surface area contributed by atoms with E-state index < -0.39 is 27.6 Å². The van der Waals surface area contributed by atoms with Crippen LogP contribution in [0, 0.1) is 5.82 Å². The monoisotopic (exact) mass is 652 g/mol. The fraction of sp³-hybridized carbons (Fsp3) is 0.194. The number of hydrogen-bond acceptors (Lipinski definition) is 10. The maximum atomic E-state index is 13.6. The Morgan fingerprint density at radius 2 is 1.62 bits per heavy atom. The first-order chi connectivity index (χ1) is 21.4. The third-order valence-electron chi connectivity index (χ3n) is 5.95. The summed E-state index contributed by atoms with van der Waals surface area (Å²) in [5.41, 5.74) is 1.77. The van der Waals surface area contributed by atoms with Crippen LogP contribution >= 0.6 is 11.8 Å². The van der Waals surface area contributed by atoms with Gasteiger partial charge in [-0.1, -0.05) is 17.8 Å². The molecule has 0 aliphatic heterocycles. The summed E-state index contributed by atoms with van der Waals surface area (Å²) >= 11 is 1.37. The average Bonchev–Trinajstić information content (AvgIpc) is 3.40. The van der Waals surface area contributed by atoms with Crippen LogP contribution in [0.25, 0.3) is 23.2 Å². The van der Waals surface area contributed by atoms with Crippen LogP contribution in [0.4, 0.5) is 4.39 Å². The molecule has 1 aromatic heterocycles. The number of carbonyl (C=O) groups is 3. The molecule has 45 heavy (non-hydrogen) atoms. The van der Waals surface area contributed by atoms with E-state index in [2.05, 4.69) is 15.4 Å². The first kappa shape index (κ1) is 33.1. The van der Waals surface area contributed by atoms with E-state index in [0.717, 1.165) is 6.26 Å². The summed E-state index contributed by atoms with van der Waals surface area (Å²) in [6.45, 7) is 2.82. The van der Waals surface area contributed by atoms with Gasteiger partial charge in [0.1, 0.15) is 5.82 Å². The largest absolute Gasteiger partial charge is 0.423 e. The highest BCUT2D eigenvalue weighted by molar-refractivity contribution is 7.99. The normalized spacial score (nSPS) is 11.4. The first-order valence-electron chi connectivity index (χ1n) is 13.5. The van der Waals surface area contributed by atoms with Crippen molar-refractivity contribution in [3.05, 3.63) is 84.2 Å². The van der Waals surface area contributed by atoms with Crippen molar-refractivity contribution in [2.24, 2.45) is 0 Å². The topological polar surface area (TPSA) is 147 Å². The Hall–Kier alpha value is -4.82. The first-order valence-corrected chi connectivity index (χ1v) is 16.4. The van der Waals surface area contributed by atoms with Gasteiger partial charge in [0.25, 0.3) is 0 Å². The molecule has 0 unspecified atom stereocenters. The molecule has 0 radical (unpaired) electrons. The van der Waals surface area contributed by atoms with Crippen molar-refractivity contribution in [2.75, 3.05) is 18.6 Å². The third-order valence-corrected chi connectivity index (χ3v) is 8.01. The Labute approximate surface area is 263 Å². The fourth-order valence-electron chi connectivity index (χ4n) is 3.93. The molecule has 234 valence electrons. The van der Waals surface area contributed by atoms with Gasteiger partial charge in [-0.05, 0) is 78.7 Å². The van der Waals surface area contributed by atoms with Gasteiger partial charge < -0.3 is 14.8 Å². The van der Waals surface area contributed by atoms with Crippen molar-refractivity contribution in [3.63, 3.8) is 0 Å². The second-order valence-electron chi connectivity index (χ2n) is 9.62. The quantitative estimate of drug-likeness (QED) is 0.0755. The molecule has 4 rings (SSSR count). The van der Waals surface area contributed by atoms with Crippen molar-refractivity contribution in [1.29, 1.82) is 0 Å². The number of nitrogens with zero attached hydrogens (tertiary/aromatic N) is 3. The van der Waals surface area contributed by atoms with Crippen LogP contribution in [0.1, 0.15) is 25.8 Å². The van der Waals surface area contributed by atoms with Gasteiger partial charge in [-0.25, -0.2) is 22.5 Å². The van der Waals surface area contributed by atoms with Gasteiger partial charge >= 0.3 is 11.9 Å². The van der Waals surface area contributed by atoms with Crippen LogP contribution in [0.5, 0.6) is 11.5 Å². The number of esters is 2. The average molecular weight is 653 g/mol. The molecule has 1 amide bonds. The van der Waals surface area contributed by atoms with Gasteiger partial charge in [0.05, 0.1) is 10.6 Å². The summed E-state index contributed by atoms with van der Waals surface area (Å²) in [5.74, 6) is -0.703. The van der Waals surface area contributed by atoms with E-state index in [1.54, 1.807) is 35.0 Å². The number of benzene rings is 3. The lowest BCUT2D eigenvalue weighted by molar-refractivity contribution is -0.134.